The Hall–Kier alpha value is -5.32. The van der Waals surface area contributed by atoms with E-state index in [4.69, 9.17) is 8.83 Å². The summed E-state index contributed by atoms with van der Waals surface area (Å²) in [4.78, 5) is 0. The van der Waals surface area contributed by atoms with Crippen molar-refractivity contribution in [2.45, 2.75) is 0 Å². The molecule has 0 N–H and O–H groups in total. The van der Waals surface area contributed by atoms with Crippen molar-refractivity contribution in [1.29, 1.82) is 10.5 Å². The normalized spacial score (nSPS) is 11.8. The van der Waals surface area contributed by atoms with Crippen LogP contribution in [0.4, 0.5) is 0 Å². The molecule has 4 heteroatoms. The lowest BCUT2D eigenvalue weighted by atomic mass is 9.91. The maximum Gasteiger partial charge on any atom is 0.139 e. The average Bonchev–Trinajstić information content (AvgIpc) is 3.49. The van der Waals surface area contributed by atoms with Crippen LogP contribution in [0, 0.1) is 22.7 Å². The number of rotatable bonds is 1. The Morgan fingerprint density at radius 1 is 0.444 bits per heavy atom. The Morgan fingerprint density at radius 2 is 1.11 bits per heavy atom. The minimum Gasteiger partial charge on any atom is -0.456 e. The van der Waals surface area contributed by atoms with Crippen LogP contribution in [0.1, 0.15) is 11.1 Å². The summed E-state index contributed by atoms with van der Waals surface area (Å²) in [6, 6.07) is 32.3. The molecule has 2 aromatic heterocycles. The van der Waals surface area contributed by atoms with Crippen LogP contribution in [0.15, 0.2) is 93.8 Å². The number of nitriles is 2. The Labute approximate surface area is 204 Å². The predicted octanol–water partition coefficient (Wildman–Crippen LogP) is 8.64. The standard InChI is InChI=1S/C32H14N2O2/c33-15-17-10-18(16-34)12-20(11-17)19-8-9-24-26(13-19)36-27-14-28-32-29-22(6-3-7-25(29)35-28)21-4-1-2-5-23(21)31(32)30(24)27/h1-14H. The van der Waals surface area contributed by atoms with Crippen LogP contribution in [-0.4, -0.2) is 0 Å². The molecule has 164 valence electrons. The molecule has 0 saturated heterocycles. The van der Waals surface area contributed by atoms with Crippen LogP contribution in [0.5, 0.6) is 0 Å². The van der Waals surface area contributed by atoms with E-state index in [2.05, 4.69) is 48.5 Å². The van der Waals surface area contributed by atoms with Crippen molar-refractivity contribution in [1.82, 2.24) is 0 Å². The largest absolute Gasteiger partial charge is 0.456 e. The molecule has 0 amide bonds. The molecule has 0 spiro atoms. The number of nitrogens with zero attached hydrogens (tertiary/aromatic N) is 2. The fourth-order valence-electron chi connectivity index (χ4n) is 5.77. The lowest BCUT2D eigenvalue weighted by Crippen LogP contribution is -1.85. The van der Waals surface area contributed by atoms with Crippen molar-refractivity contribution in [3.63, 3.8) is 0 Å². The highest BCUT2D eigenvalue weighted by molar-refractivity contribution is 6.40. The molecule has 8 aromatic rings. The number of furan rings is 2. The predicted molar refractivity (Wildman–Crippen MR) is 142 cm³/mol. The molecule has 6 aromatic carbocycles. The van der Waals surface area contributed by atoms with Crippen LogP contribution in [-0.2, 0) is 0 Å². The third-order valence-electron chi connectivity index (χ3n) is 7.23. The van der Waals surface area contributed by atoms with Gasteiger partial charge in [-0.25, -0.2) is 0 Å². The van der Waals surface area contributed by atoms with E-state index in [1.54, 1.807) is 18.2 Å². The van der Waals surface area contributed by atoms with Gasteiger partial charge in [0.15, 0.2) is 0 Å². The Balaban J connectivity index is 1.52. The smallest absolute Gasteiger partial charge is 0.139 e. The molecule has 0 unspecified atom stereocenters. The lowest BCUT2D eigenvalue weighted by molar-refractivity contribution is 0.656. The molecule has 0 aliphatic rings. The van der Waals surface area contributed by atoms with E-state index in [0.717, 1.165) is 60.4 Å². The molecule has 0 bridgehead atoms. The van der Waals surface area contributed by atoms with Gasteiger partial charge in [-0.3, -0.25) is 0 Å². The molecular formula is C32H14N2O2. The molecular weight excluding hydrogens is 444 g/mol. The number of fused-ring (bicyclic) bond motifs is 7. The van der Waals surface area contributed by atoms with Gasteiger partial charge in [0.1, 0.15) is 22.3 Å². The van der Waals surface area contributed by atoms with Crippen molar-refractivity contribution in [2.75, 3.05) is 0 Å². The minimum absolute atomic E-state index is 0.456. The van der Waals surface area contributed by atoms with Crippen molar-refractivity contribution in [3.05, 3.63) is 96.1 Å². The van der Waals surface area contributed by atoms with E-state index in [-0.39, 0.29) is 0 Å². The van der Waals surface area contributed by atoms with Gasteiger partial charge in [0.05, 0.1) is 23.3 Å². The van der Waals surface area contributed by atoms with Crippen LogP contribution in [0.2, 0.25) is 0 Å². The van der Waals surface area contributed by atoms with Crippen LogP contribution < -0.4 is 0 Å². The summed E-state index contributed by atoms with van der Waals surface area (Å²) in [7, 11) is 0. The zero-order valence-corrected chi connectivity index (χ0v) is 18.8. The Kier molecular flexibility index (Phi) is 3.51. The molecule has 2 heterocycles. The highest BCUT2D eigenvalue weighted by atomic mass is 16.3. The molecule has 0 atom stereocenters. The first-order chi connectivity index (χ1) is 17.7. The summed E-state index contributed by atoms with van der Waals surface area (Å²) in [6.45, 7) is 0. The maximum atomic E-state index is 9.40. The minimum atomic E-state index is 0.456. The van der Waals surface area contributed by atoms with E-state index in [9.17, 15) is 10.5 Å². The van der Waals surface area contributed by atoms with Crippen molar-refractivity contribution in [3.8, 4) is 23.3 Å². The van der Waals surface area contributed by atoms with Gasteiger partial charge < -0.3 is 8.83 Å². The van der Waals surface area contributed by atoms with E-state index in [0.29, 0.717) is 11.1 Å². The van der Waals surface area contributed by atoms with Crippen molar-refractivity contribution < 1.29 is 8.83 Å². The Bertz CT molecular complexity index is 2250. The van der Waals surface area contributed by atoms with Gasteiger partial charge in [0.25, 0.3) is 0 Å². The molecule has 36 heavy (non-hydrogen) atoms. The molecule has 4 nitrogen and oxygen atoms in total. The highest BCUT2D eigenvalue weighted by Gasteiger charge is 2.22. The molecule has 0 saturated carbocycles. The summed E-state index contributed by atoms with van der Waals surface area (Å²) in [6.07, 6.45) is 0. The summed E-state index contributed by atoms with van der Waals surface area (Å²) in [5, 5.41) is 27.8. The summed E-state index contributed by atoms with van der Waals surface area (Å²) in [5.41, 5.74) is 5.82. The van der Waals surface area contributed by atoms with Crippen LogP contribution >= 0.6 is 0 Å². The first kappa shape index (κ1) is 19.0. The van der Waals surface area contributed by atoms with Gasteiger partial charge >= 0.3 is 0 Å². The summed E-state index contributed by atoms with van der Waals surface area (Å²) >= 11 is 0. The summed E-state index contributed by atoms with van der Waals surface area (Å²) < 4.78 is 12.7. The fraction of sp³-hybridized carbons (Fsp3) is 0. The number of hydrogen-bond donors (Lipinski definition) is 0. The first-order valence-corrected chi connectivity index (χ1v) is 11.6. The second-order valence-electron chi connectivity index (χ2n) is 9.16. The van der Waals surface area contributed by atoms with Gasteiger partial charge in [-0.2, -0.15) is 10.5 Å². The quantitative estimate of drug-likeness (QED) is 0.231. The zero-order valence-electron chi connectivity index (χ0n) is 18.8. The maximum absolute atomic E-state index is 9.40. The van der Waals surface area contributed by atoms with Gasteiger partial charge in [-0.05, 0) is 63.7 Å². The topological polar surface area (TPSA) is 73.9 Å². The number of benzene rings is 6. The van der Waals surface area contributed by atoms with Gasteiger partial charge in [0.2, 0.25) is 0 Å². The van der Waals surface area contributed by atoms with Crippen molar-refractivity contribution in [2.24, 2.45) is 0 Å². The second-order valence-corrected chi connectivity index (χ2v) is 9.16. The monoisotopic (exact) mass is 458 g/mol. The lowest BCUT2D eigenvalue weighted by Gasteiger charge is -2.09. The Morgan fingerprint density at radius 3 is 1.92 bits per heavy atom. The molecule has 8 rings (SSSR count). The van der Waals surface area contributed by atoms with E-state index in [1.807, 2.05) is 30.3 Å². The van der Waals surface area contributed by atoms with E-state index < -0.39 is 0 Å². The summed E-state index contributed by atoms with van der Waals surface area (Å²) in [5.74, 6) is 0. The molecule has 0 radical (unpaired) electrons. The third-order valence-corrected chi connectivity index (χ3v) is 7.23. The first-order valence-electron chi connectivity index (χ1n) is 11.6. The zero-order chi connectivity index (χ0) is 24.0. The molecule has 0 aliphatic heterocycles. The van der Waals surface area contributed by atoms with Crippen LogP contribution in [0.25, 0.3) is 76.5 Å². The van der Waals surface area contributed by atoms with Crippen LogP contribution in [0.3, 0.4) is 0 Å². The molecule has 0 aliphatic carbocycles. The average molecular weight is 458 g/mol. The van der Waals surface area contributed by atoms with E-state index in [1.165, 1.54) is 16.2 Å². The van der Waals surface area contributed by atoms with Crippen molar-refractivity contribution >= 4 is 65.4 Å². The molecule has 0 fully saturated rings. The van der Waals surface area contributed by atoms with Gasteiger partial charge in [-0.1, -0.05) is 42.5 Å². The highest BCUT2D eigenvalue weighted by Crippen LogP contribution is 2.47. The fourth-order valence-corrected chi connectivity index (χ4v) is 5.77. The van der Waals surface area contributed by atoms with Gasteiger partial charge in [-0.15, -0.1) is 0 Å². The third kappa shape index (κ3) is 2.35. The SMILES string of the molecule is N#Cc1cc(C#N)cc(-c2ccc3c(c2)oc2cc4oc5cccc6c7ccccc7c(c23)c4c56)c1. The number of hydrogen-bond acceptors (Lipinski definition) is 4. The van der Waals surface area contributed by atoms with E-state index >= 15 is 0 Å². The van der Waals surface area contributed by atoms with Gasteiger partial charge in [0, 0.05) is 33.0 Å². The second kappa shape index (κ2) is 6.63.